The third kappa shape index (κ3) is 3.46. The largest absolute Gasteiger partial charge is 0.275 e. The van der Waals surface area contributed by atoms with Crippen molar-refractivity contribution in [3.63, 3.8) is 0 Å². The standard InChI is InChI=1S/C22H18N6O2S/c1-27-13-19(12-25-27)17-8-16-9-18-14-28(7-6-21(18)26-22(16)24-11-17)31(29,30)20-4-2-15(10-23)3-5-20/h2-5,8-9,11-13H,6-7,14H2,1H3. The van der Waals surface area contributed by atoms with Gasteiger partial charge in [0.15, 0.2) is 5.65 Å². The molecule has 0 aliphatic carbocycles. The number of fused-ring (bicyclic) bond motifs is 2. The van der Waals surface area contributed by atoms with E-state index < -0.39 is 10.0 Å². The number of hydrogen-bond donors (Lipinski definition) is 0. The van der Waals surface area contributed by atoms with Crippen molar-refractivity contribution in [3.8, 4) is 17.2 Å². The van der Waals surface area contributed by atoms with E-state index in [4.69, 9.17) is 5.26 Å². The quantitative estimate of drug-likeness (QED) is 0.495. The SMILES string of the molecule is Cn1cc(-c2cnc3nc4c(cc3c2)CN(S(=O)(=O)c2ccc(C#N)cc2)CC4)cn1. The molecule has 0 atom stereocenters. The number of rotatable bonds is 3. The number of aromatic nitrogens is 4. The second kappa shape index (κ2) is 7.27. The van der Waals surface area contributed by atoms with Crippen LogP contribution in [-0.2, 0) is 30.0 Å². The Labute approximate surface area is 179 Å². The maximum Gasteiger partial charge on any atom is 0.243 e. The average Bonchev–Trinajstić information content (AvgIpc) is 3.23. The lowest BCUT2D eigenvalue weighted by Crippen LogP contribution is -2.36. The van der Waals surface area contributed by atoms with E-state index in [1.165, 1.54) is 28.6 Å². The molecule has 0 amide bonds. The van der Waals surface area contributed by atoms with Gasteiger partial charge in [0, 0.05) is 61.2 Å². The summed E-state index contributed by atoms with van der Waals surface area (Å²) >= 11 is 0. The van der Waals surface area contributed by atoms with Gasteiger partial charge in [0.1, 0.15) is 0 Å². The highest BCUT2D eigenvalue weighted by molar-refractivity contribution is 7.89. The van der Waals surface area contributed by atoms with Gasteiger partial charge in [-0.15, -0.1) is 0 Å². The highest BCUT2D eigenvalue weighted by atomic mass is 32.2. The zero-order valence-electron chi connectivity index (χ0n) is 16.7. The van der Waals surface area contributed by atoms with Crippen molar-refractivity contribution in [1.29, 1.82) is 5.26 Å². The first-order valence-electron chi connectivity index (χ1n) is 9.72. The Morgan fingerprint density at radius 1 is 1.10 bits per heavy atom. The summed E-state index contributed by atoms with van der Waals surface area (Å²) in [7, 11) is -1.80. The number of sulfonamides is 1. The first kappa shape index (κ1) is 19.4. The summed E-state index contributed by atoms with van der Waals surface area (Å²) in [4.78, 5) is 9.36. The predicted octanol–water partition coefficient (Wildman–Crippen LogP) is 2.65. The molecule has 0 bridgehead atoms. The second-order valence-electron chi connectivity index (χ2n) is 7.49. The molecule has 0 radical (unpaired) electrons. The van der Waals surface area contributed by atoms with Crippen LogP contribution in [-0.4, -0.2) is 39.0 Å². The maximum atomic E-state index is 13.1. The van der Waals surface area contributed by atoms with Gasteiger partial charge >= 0.3 is 0 Å². The van der Waals surface area contributed by atoms with Gasteiger partial charge < -0.3 is 0 Å². The Hall–Kier alpha value is -3.61. The predicted molar refractivity (Wildman–Crippen MR) is 114 cm³/mol. The second-order valence-corrected chi connectivity index (χ2v) is 9.43. The third-order valence-corrected chi connectivity index (χ3v) is 7.30. The molecule has 4 heterocycles. The van der Waals surface area contributed by atoms with Crippen LogP contribution in [0.25, 0.3) is 22.2 Å². The van der Waals surface area contributed by atoms with Crippen LogP contribution in [0.4, 0.5) is 0 Å². The van der Waals surface area contributed by atoms with Gasteiger partial charge in [-0.25, -0.2) is 18.4 Å². The molecule has 0 fully saturated rings. The summed E-state index contributed by atoms with van der Waals surface area (Å²) in [6.07, 6.45) is 6.00. The molecule has 1 aliphatic heterocycles. The number of benzene rings is 1. The van der Waals surface area contributed by atoms with Crippen molar-refractivity contribution in [3.05, 3.63) is 71.8 Å². The van der Waals surface area contributed by atoms with Gasteiger partial charge in [0.25, 0.3) is 0 Å². The molecule has 0 N–H and O–H groups in total. The lowest BCUT2D eigenvalue weighted by molar-refractivity contribution is 0.388. The molecule has 5 rings (SSSR count). The van der Waals surface area contributed by atoms with Crippen LogP contribution in [0.1, 0.15) is 16.8 Å². The highest BCUT2D eigenvalue weighted by Gasteiger charge is 2.29. The van der Waals surface area contributed by atoms with Crippen molar-refractivity contribution in [2.24, 2.45) is 7.05 Å². The van der Waals surface area contributed by atoms with Crippen LogP contribution in [0.3, 0.4) is 0 Å². The van der Waals surface area contributed by atoms with Crippen molar-refractivity contribution >= 4 is 21.1 Å². The molecule has 9 heteroatoms. The van der Waals surface area contributed by atoms with Crippen LogP contribution in [0.2, 0.25) is 0 Å². The minimum absolute atomic E-state index is 0.184. The molecule has 0 saturated carbocycles. The molecule has 1 aromatic carbocycles. The number of pyridine rings is 2. The fourth-order valence-electron chi connectivity index (χ4n) is 3.78. The number of aryl methyl sites for hydroxylation is 1. The first-order valence-corrected chi connectivity index (χ1v) is 11.2. The van der Waals surface area contributed by atoms with Crippen LogP contribution in [0, 0.1) is 11.3 Å². The first-order chi connectivity index (χ1) is 14.9. The van der Waals surface area contributed by atoms with Crippen LogP contribution >= 0.6 is 0 Å². The minimum Gasteiger partial charge on any atom is -0.275 e. The molecule has 0 unspecified atom stereocenters. The smallest absolute Gasteiger partial charge is 0.243 e. The molecule has 31 heavy (non-hydrogen) atoms. The zero-order valence-corrected chi connectivity index (χ0v) is 17.5. The van der Waals surface area contributed by atoms with E-state index >= 15 is 0 Å². The van der Waals surface area contributed by atoms with Crippen molar-refractivity contribution in [2.45, 2.75) is 17.9 Å². The lowest BCUT2D eigenvalue weighted by atomic mass is 10.0. The maximum absolute atomic E-state index is 13.1. The van der Waals surface area contributed by atoms with Gasteiger partial charge in [-0.1, -0.05) is 0 Å². The fourth-order valence-corrected chi connectivity index (χ4v) is 5.20. The van der Waals surface area contributed by atoms with E-state index in [0.29, 0.717) is 24.2 Å². The molecule has 0 spiro atoms. The van der Waals surface area contributed by atoms with Crippen LogP contribution in [0.5, 0.6) is 0 Å². The normalized spacial score (nSPS) is 14.3. The van der Waals surface area contributed by atoms with Gasteiger partial charge in [0.2, 0.25) is 10.0 Å². The van der Waals surface area contributed by atoms with Crippen LogP contribution < -0.4 is 0 Å². The third-order valence-electron chi connectivity index (χ3n) is 5.44. The zero-order chi connectivity index (χ0) is 21.6. The Morgan fingerprint density at radius 3 is 2.61 bits per heavy atom. The summed E-state index contributed by atoms with van der Waals surface area (Å²) in [5.74, 6) is 0. The van der Waals surface area contributed by atoms with Crippen molar-refractivity contribution in [1.82, 2.24) is 24.1 Å². The van der Waals surface area contributed by atoms with Crippen LogP contribution in [0.15, 0.2) is 59.9 Å². The van der Waals surface area contributed by atoms with Gasteiger partial charge in [0.05, 0.1) is 22.7 Å². The Morgan fingerprint density at radius 2 is 1.90 bits per heavy atom. The molecule has 154 valence electrons. The molecule has 1 aliphatic rings. The van der Waals surface area contributed by atoms with Gasteiger partial charge in [-0.05, 0) is 42.0 Å². The van der Waals surface area contributed by atoms with E-state index in [1.54, 1.807) is 17.1 Å². The number of hydrogen-bond acceptors (Lipinski definition) is 6. The fraction of sp³-hybridized carbons (Fsp3) is 0.182. The minimum atomic E-state index is -3.66. The van der Waals surface area contributed by atoms with Gasteiger partial charge in [-0.3, -0.25) is 4.68 Å². The Balaban J connectivity index is 1.49. The molecular formula is C22H18N6O2S. The van der Waals surface area contributed by atoms with Crippen molar-refractivity contribution < 1.29 is 8.42 Å². The van der Waals surface area contributed by atoms with E-state index in [2.05, 4.69) is 15.1 Å². The molecule has 8 nitrogen and oxygen atoms in total. The summed E-state index contributed by atoms with van der Waals surface area (Å²) in [5.41, 5.74) is 4.71. The number of nitrogens with zero attached hydrogens (tertiary/aromatic N) is 6. The Bertz CT molecular complexity index is 1450. The summed E-state index contributed by atoms with van der Waals surface area (Å²) < 4.78 is 29.4. The summed E-state index contributed by atoms with van der Waals surface area (Å²) in [5, 5.41) is 14.0. The summed E-state index contributed by atoms with van der Waals surface area (Å²) in [6.45, 7) is 0.597. The molecular weight excluding hydrogens is 412 g/mol. The van der Waals surface area contributed by atoms with E-state index in [0.717, 1.165) is 27.8 Å². The summed E-state index contributed by atoms with van der Waals surface area (Å²) in [6, 6.07) is 12.0. The molecule has 3 aromatic heterocycles. The molecule has 4 aromatic rings. The van der Waals surface area contributed by atoms with Crippen molar-refractivity contribution in [2.75, 3.05) is 6.54 Å². The topological polar surface area (TPSA) is 105 Å². The molecule has 0 saturated heterocycles. The van der Waals surface area contributed by atoms with E-state index in [1.807, 2.05) is 31.4 Å². The Kier molecular flexibility index (Phi) is 4.54. The monoisotopic (exact) mass is 430 g/mol. The van der Waals surface area contributed by atoms with E-state index in [-0.39, 0.29) is 11.4 Å². The number of nitriles is 1. The average molecular weight is 430 g/mol. The highest BCUT2D eigenvalue weighted by Crippen LogP contribution is 2.28. The van der Waals surface area contributed by atoms with Gasteiger partial charge in [-0.2, -0.15) is 14.7 Å². The van der Waals surface area contributed by atoms with E-state index in [9.17, 15) is 8.42 Å². The lowest BCUT2D eigenvalue weighted by Gasteiger charge is -2.27.